The molecule has 0 radical (unpaired) electrons. The number of nitrogens with one attached hydrogen (secondary N) is 1. The van der Waals surface area contributed by atoms with E-state index in [9.17, 15) is 4.79 Å². The van der Waals surface area contributed by atoms with Gasteiger partial charge in [-0.3, -0.25) is 9.69 Å². The number of amides is 1. The monoisotopic (exact) mass is 340 g/mol. The predicted octanol–water partition coefficient (Wildman–Crippen LogP) is 4.39. The average Bonchev–Trinajstić information content (AvgIpc) is 3.01. The zero-order chi connectivity index (χ0) is 16.9. The third kappa shape index (κ3) is 2.78. The van der Waals surface area contributed by atoms with Gasteiger partial charge in [0.15, 0.2) is 0 Å². The van der Waals surface area contributed by atoms with Crippen molar-refractivity contribution in [2.75, 3.05) is 11.9 Å². The third-order valence-electron chi connectivity index (χ3n) is 5.14. The fourth-order valence-corrected chi connectivity index (χ4v) is 4.60. The van der Waals surface area contributed by atoms with Gasteiger partial charge in [0.25, 0.3) is 0 Å². The number of fused-ring (bicyclic) bond motifs is 4. The molecule has 0 fully saturated rings. The van der Waals surface area contributed by atoms with Crippen molar-refractivity contribution in [3.63, 3.8) is 0 Å². The number of hydrogen-bond donors (Lipinski definition) is 1. The third-order valence-corrected chi connectivity index (χ3v) is 6.13. The van der Waals surface area contributed by atoms with E-state index in [1.807, 2.05) is 38.2 Å². The average molecular weight is 340 g/mol. The lowest BCUT2D eigenvalue weighted by Crippen LogP contribution is -2.38. The molecule has 0 spiro atoms. The second kappa shape index (κ2) is 5.71. The Bertz CT molecular complexity index is 787. The molecule has 1 amide bonds. The Morgan fingerprint density at radius 3 is 2.88 bits per heavy atom. The molecule has 24 heavy (non-hydrogen) atoms. The van der Waals surface area contributed by atoms with E-state index in [-0.39, 0.29) is 11.3 Å². The highest BCUT2D eigenvalue weighted by Gasteiger charge is 2.32. The molecule has 4 rings (SSSR count). The van der Waals surface area contributed by atoms with Gasteiger partial charge in [-0.2, -0.15) is 0 Å². The van der Waals surface area contributed by atoms with Crippen LogP contribution >= 0.6 is 11.3 Å². The summed E-state index contributed by atoms with van der Waals surface area (Å²) in [5.41, 5.74) is 4.84. The van der Waals surface area contributed by atoms with Crippen molar-refractivity contribution in [3.8, 4) is 0 Å². The summed E-state index contributed by atoms with van der Waals surface area (Å²) in [6, 6.07) is 9.21. The van der Waals surface area contributed by atoms with Gasteiger partial charge in [-0.1, -0.05) is 26.8 Å². The number of anilines is 1. The lowest BCUT2D eigenvalue weighted by molar-refractivity contribution is -0.123. The van der Waals surface area contributed by atoms with Gasteiger partial charge >= 0.3 is 0 Å². The van der Waals surface area contributed by atoms with Crippen molar-refractivity contribution in [2.45, 2.75) is 46.2 Å². The first-order valence-corrected chi connectivity index (χ1v) is 9.53. The molecule has 0 saturated carbocycles. The van der Waals surface area contributed by atoms with Crippen LogP contribution < -0.4 is 5.32 Å². The molecule has 4 heteroatoms. The van der Waals surface area contributed by atoms with Crippen LogP contribution in [-0.2, 0) is 24.2 Å². The first-order chi connectivity index (χ1) is 11.4. The highest BCUT2D eigenvalue weighted by atomic mass is 32.1. The Hall–Kier alpha value is -1.65. The van der Waals surface area contributed by atoms with Crippen molar-refractivity contribution in [2.24, 2.45) is 5.41 Å². The Kier molecular flexibility index (Phi) is 3.77. The molecular formula is C20H24N2OS. The van der Waals surface area contributed by atoms with E-state index in [2.05, 4.69) is 33.8 Å². The Balaban J connectivity index is 1.60. The van der Waals surface area contributed by atoms with Crippen LogP contribution in [0.1, 0.15) is 48.4 Å². The minimum atomic E-state index is -0.373. The second-order valence-corrected chi connectivity index (χ2v) is 8.93. The molecule has 1 atom stereocenters. The second-order valence-electron chi connectivity index (χ2n) is 7.93. The van der Waals surface area contributed by atoms with E-state index in [0.29, 0.717) is 6.04 Å². The van der Waals surface area contributed by atoms with Crippen molar-refractivity contribution in [3.05, 3.63) is 51.2 Å². The van der Waals surface area contributed by atoms with Gasteiger partial charge in [0, 0.05) is 35.1 Å². The first-order valence-electron chi connectivity index (χ1n) is 8.65. The number of hydrogen-bond acceptors (Lipinski definition) is 3. The molecule has 0 saturated heterocycles. The molecule has 1 unspecified atom stereocenters. The Morgan fingerprint density at radius 2 is 2.08 bits per heavy atom. The minimum absolute atomic E-state index is 0.0673. The summed E-state index contributed by atoms with van der Waals surface area (Å²) in [7, 11) is 0. The van der Waals surface area contributed by atoms with Gasteiger partial charge in [-0.25, -0.2) is 0 Å². The van der Waals surface area contributed by atoms with E-state index >= 15 is 0 Å². The number of carbonyl (C=O) groups is 1. The zero-order valence-corrected chi connectivity index (χ0v) is 15.4. The lowest BCUT2D eigenvalue weighted by atomic mass is 9.87. The van der Waals surface area contributed by atoms with Crippen LogP contribution in [-0.4, -0.2) is 17.4 Å². The number of carbonyl (C=O) groups excluding carboxylic acids is 1. The standard InChI is InChI=1S/C20H24N2OS/c1-20(2,3)19(23)21-15-5-4-13-12-22-8-6-18-16(7-9-24-18)17(22)11-14(13)10-15/h4-5,7,9-10,17H,6,8,11-12H2,1-3H3,(H,21,23). The maximum Gasteiger partial charge on any atom is 0.229 e. The fourth-order valence-electron chi connectivity index (χ4n) is 3.67. The van der Waals surface area contributed by atoms with Crippen LogP contribution in [0.2, 0.25) is 0 Å². The van der Waals surface area contributed by atoms with Crippen LogP contribution in [0.25, 0.3) is 0 Å². The van der Waals surface area contributed by atoms with Crippen molar-refractivity contribution < 1.29 is 4.79 Å². The van der Waals surface area contributed by atoms with E-state index in [0.717, 1.165) is 25.2 Å². The van der Waals surface area contributed by atoms with Crippen molar-refractivity contribution in [1.29, 1.82) is 0 Å². The van der Waals surface area contributed by atoms with E-state index in [1.54, 1.807) is 4.88 Å². The molecule has 0 aliphatic carbocycles. The van der Waals surface area contributed by atoms with Gasteiger partial charge in [-0.05, 0) is 53.1 Å². The molecule has 0 bridgehead atoms. The van der Waals surface area contributed by atoms with Crippen molar-refractivity contribution >= 4 is 22.9 Å². The van der Waals surface area contributed by atoms with Gasteiger partial charge in [0.1, 0.15) is 0 Å². The molecule has 126 valence electrons. The molecule has 1 N–H and O–H groups in total. The lowest BCUT2D eigenvalue weighted by Gasteiger charge is -2.40. The molecule has 3 nitrogen and oxygen atoms in total. The minimum Gasteiger partial charge on any atom is -0.326 e. The molecular weight excluding hydrogens is 316 g/mol. The molecule has 2 aliphatic rings. The molecule has 2 aromatic rings. The zero-order valence-electron chi connectivity index (χ0n) is 14.6. The summed E-state index contributed by atoms with van der Waals surface area (Å²) in [5, 5.41) is 5.29. The molecule has 1 aromatic carbocycles. The first kappa shape index (κ1) is 15.9. The highest BCUT2D eigenvalue weighted by molar-refractivity contribution is 7.10. The van der Waals surface area contributed by atoms with Gasteiger partial charge < -0.3 is 5.32 Å². The predicted molar refractivity (Wildman–Crippen MR) is 99.4 cm³/mol. The van der Waals surface area contributed by atoms with Gasteiger partial charge in [0.2, 0.25) is 5.91 Å². The largest absolute Gasteiger partial charge is 0.326 e. The number of nitrogens with zero attached hydrogens (tertiary/aromatic N) is 1. The molecule has 2 aliphatic heterocycles. The smallest absolute Gasteiger partial charge is 0.229 e. The SMILES string of the molecule is CC(C)(C)C(=O)Nc1ccc2c(c1)CC1c3ccsc3CCN1C2. The number of rotatable bonds is 1. The topological polar surface area (TPSA) is 32.3 Å². The molecule has 3 heterocycles. The summed E-state index contributed by atoms with van der Waals surface area (Å²) < 4.78 is 0. The maximum absolute atomic E-state index is 12.2. The summed E-state index contributed by atoms with van der Waals surface area (Å²) in [5.74, 6) is 0.0673. The van der Waals surface area contributed by atoms with Gasteiger partial charge in [0.05, 0.1) is 0 Å². The van der Waals surface area contributed by atoms with E-state index in [4.69, 9.17) is 0 Å². The number of thiophene rings is 1. The normalized spacial score (nSPS) is 20.0. The highest BCUT2D eigenvalue weighted by Crippen LogP contribution is 2.40. The van der Waals surface area contributed by atoms with Crippen LogP contribution in [0, 0.1) is 5.41 Å². The van der Waals surface area contributed by atoms with Crippen molar-refractivity contribution in [1.82, 2.24) is 4.90 Å². The fraction of sp³-hybridized carbons (Fsp3) is 0.450. The summed E-state index contributed by atoms with van der Waals surface area (Å²) in [4.78, 5) is 16.4. The van der Waals surface area contributed by atoms with Crippen LogP contribution in [0.5, 0.6) is 0 Å². The quantitative estimate of drug-likeness (QED) is 0.835. The molecule has 1 aromatic heterocycles. The van der Waals surface area contributed by atoms with Gasteiger partial charge in [-0.15, -0.1) is 11.3 Å². The Labute approximate surface area is 147 Å². The van der Waals surface area contributed by atoms with E-state index in [1.165, 1.54) is 23.1 Å². The van der Waals surface area contributed by atoms with E-state index < -0.39 is 0 Å². The van der Waals surface area contributed by atoms with Crippen LogP contribution in [0.4, 0.5) is 5.69 Å². The maximum atomic E-state index is 12.2. The summed E-state index contributed by atoms with van der Waals surface area (Å²) in [6.45, 7) is 8.00. The summed E-state index contributed by atoms with van der Waals surface area (Å²) in [6.07, 6.45) is 2.22. The van der Waals surface area contributed by atoms with Crippen LogP contribution in [0.3, 0.4) is 0 Å². The summed E-state index contributed by atoms with van der Waals surface area (Å²) >= 11 is 1.89. The number of benzene rings is 1. The Morgan fingerprint density at radius 1 is 1.25 bits per heavy atom. The van der Waals surface area contributed by atoms with Crippen LogP contribution in [0.15, 0.2) is 29.6 Å².